The Labute approximate surface area is 91.9 Å². The van der Waals surface area contributed by atoms with Gasteiger partial charge in [0.05, 0.1) is 7.11 Å². The van der Waals surface area contributed by atoms with E-state index in [2.05, 4.69) is 36.4 Å². The quantitative estimate of drug-likeness (QED) is 0.715. The SMILES string of the molecule is COc1cccc(Pc2ccccc2)c1. The van der Waals surface area contributed by atoms with Gasteiger partial charge in [-0.2, -0.15) is 0 Å². The van der Waals surface area contributed by atoms with Gasteiger partial charge in [-0.3, -0.25) is 0 Å². The summed E-state index contributed by atoms with van der Waals surface area (Å²) in [4.78, 5) is 0. The maximum atomic E-state index is 5.20. The van der Waals surface area contributed by atoms with Crippen LogP contribution in [0.3, 0.4) is 0 Å². The van der Waals surface area contributed by atoms with Crippen LogP contribution in [0.2, 0.25) is 0 Å². The van der Waals surface area contributed by atoms with Gasteiger partial charge in [0.15, 0.2) is 0 Å². The molecular weight excluding hydrogens is 203 g/mol. The second kappa shape index (κ2) is 4.95. The lowest BCUT2D eigenvalue weighted by Crippen LogP contribution is -2.02. The summed E-state index contributed by atoms with van der Waals surface area (Å²) in [6, 6.07) is 18.7. The average Bonchev–Trinajstić information content (AvgIpc) is 2.31. The highest BCUT2D eigenvalue weighted by Crippen LogP contribution is 2.14. The molecule has 1 unspecified atom stereocenters. The molecule has 2 aromatic carbocycles. The molecule has 0 aliphatic carbocycles. The number of hydrogen-bond acceptors (Lipinski definition) is 1. The van der Waals surface area contributed by atoms with E-state index in [9.17, 15) is 0 Å². The first-order chi connectivity index (χ1) is 7.38. The van der Waals surface area contributed by atoms with Gasteiger partial charge < -0.3 is 4.74 Å². The second-order valence-corrected chi connectivity index (χ2v) is 4.63. The van der Waals surface area contributed by atoms with Crippen LogP contribution in [-0.4, -0.2) is 7.11 Å². The van der Waals surface area contributed by atoms with Crippen molar-refractivity contribution in [1.29, 1.82) is 0 Å². The molecule has 2 heteroatoms. The summed E-state index contributed by atoms with van der Waals surface area (Å²) in [5, 5.41) is 2.66. The molecule has 0 aliphatic rings. The molecular formula is C13H13OP. The molecule has 15 heavy (non-hydrogen) atoms. The van der Waals surface area contributed by atoms with Crippen molar-refractivity contribution in [2.24, 2.45) is 0 Å². The van der Waals surface area contributed by atoms with Crippen LogP contribution in [-0.2, 0) is 0 Å². The first-order valence-corrected chi connectivity index (χ1v) is 5.84. The lowest BCUT2D eigenvalue weighted by Gasteiger charge is -2.04. The normalized spacial score (nSPS) is 10.7. The van der Waals surface area contributed by atoms with Crippen molar-refractivity contribution >= 4 is 19.2 Å². The van der Waals surface area contributed by atoms with Crippen LogP contribution >= 0.6 is 8.58 Å². The maximum absolute atomic E-state index is 5.20. The topological polar surface area (TPSA) is 9.23 Å². The molecule has 0 fully saturated rings. The van der Waals surface area contributed by atoms with E-state index in [1.807, 2.05) is 18.2 Å². The van der Waals surface area contributed by atoms with Crippen molar-refractivity contribution in [3.63, 3.8) is 0 Å². The molecule has 0 saturated heterocycles. The van der Waals surface area contributed by atoms with E-state index in [1.54, 1.807) is 7.11 Å². The Morgan fingerprint density at radius 1 is 0.867 bits per heavy atom. The van der Waals surface area contributed by atoms with Crippen LogP contribution in [0.4, 0.5) is 0 Å². The molecule has 2 rings (SSSR count). The Kier molecular flexibility index (Phi) is 3.37. The predicted octanol–water partition coefficient (Wildman–Crippen LogP) is 2.32. The van der Waals surface area contributed by atoms with Gasteiger partial charge in [-0.1, -0.05) is 51.0 Å². The number of hydrogen-bond donors (Lipinski definition) is 0. The third kappa shape index (κ3) is 2.81. The fourth-order valence-electron chi connectivity index (χ4n) is 1.39. The first kappa shape index (κ1) is 10.2. The number of methoxy groups -OCH3 is 1. The minimum absolute atomic E-state index is 0.696. The van der Waals surface area contributed by atoms with Gasteiger partial charge in [0.2, 0.25) is 0 Å². The summed E-state index contributed by atoms with van der Waals surface area (Å²) in [5.41, 5.74) is 0. The molecule has 0 aromatic heterocycles. The minimum Gasteiger partial charge on any atom is -0.497 e. The Morgan fingerprint density at radius 3 is 2.33 bits per heavy atom. The van der Waals surface area contributed by atoms with Gasteiger partial charge in [0.25, 0.3) is 0 Å². The number of benzene rings is 2. The van der Waals surface area contributed by atoms with Gasteiger partial charge in [-0.15, -0.1) is 0 Å². The Balaban J connectivity index is 2.17. The molecule has 0 spiro atoms. The van der Waals surface area contributed by atoms with Crippen molar-refractivity contribution in [1.82, 2.24) is 0 Å². The average molecular weight is 216 g/mol. The zero-order valence-corrected chi connectivity index (χ0v) is 9.60. The molecule has 0 N–H and O–H groups in total. The van der Waals surface area contributed by atoms with E-state index >= 15 is 0 Å². The van der Waals surface area contributed by atoms with Crippen LogP contribution < -0.4 is 15.3 Å². The maximum Gasteiger partial charge on any atom is 0.119 e. The molecule has 0 saturated carbocycles. The fourth-order valence-corrected chi connectivity index (χ4v) is 2.48. The summed E-state index contributed by atoms with van der Waals surface area (Å²) in [7, 11) is 2.40. The van der Waals surface area contributed by atoms with Gasteiger partial charge in [0, 0.05) is 0 Å². The summed E-state index contributed by atoms with van der Waals surface area (Å²) in [6.07, 6.45) is 0. The largest absolute Gasteiger partial charge is 0.497 e. The van der Waals surface area contributed by atoms with E-state index in [4.69, 9.17) is 4.74 Å². The highest BCUT2D eigenvalue weighted by atomic mass is 31.1. The van der Waals surface area contributed by atoms with Gasteiger partial charge in [0.1, 0.15) is 5.75 Å². The number of ether oxygens (including phenoxy) is 1. The van der Waals surface area contributed by atoms with Crippen molar-refractivity contribution < 1.29 is 4.74 Å². The van der Waals surface area contributed by atoms with Crippen molar-refractivity contribution in [3.05, 3.63) is 54.6 Å². The Hall–Kier alpha value is -1.33. The highest BCUT2D eigenvalue weighted by Gasteiger charge is 1.97. The summed E-state index contributed by atoms with van der Waals surface area (Å²) in [5.74, 6) is 0.927. The molecule has 0 bridgehead atoms. The minimum atomic E-state index is 0.696. The molecule has 1 nitrogen and oxygen atoms in total. The number of rotatable bonds is 3. The second-order valence-electron chi connectivity index (χ2n) is 3.22. The van der Waals surface area contributed by atoms with Crippen LogP contribution in [0.1, 0.15) is 0 Å². The molecule has 0 heterocycles. The lowest BCUT2D eigenvalue weighted by atomic mass is 10.3. The van der Waals surface area contributed by atoms with E-state index in [0.717, 1.165) is 5.75 Å². The van der Waals surface area contributed by atoms with Crippen molar-refractivity contribution in [3.8, 4) is 5.75 Å². The van der Waals surface area contributed by atoms with Crippen LogP contribution in [0.15, 0.2) is 54.6 Å². The van der Waals surface area contributed by atoms with Crippen LogP contribution in [0.25, 0.3) is 0 Å². The van der Waals surface area contributed by atoms with Crippen LogP contribution in [0, 0.1) is 0 Å². The molecule has 0 amide bonds. The zero-order chi connectivity index (χ0) is 10.5. The van der Waals surface area contributed by atoms with Gasteiger partial charge >= 0.3 is 0 Å². The predicted molar refractivity (Wildman–Crippen MR) is 67.0 cm³/mol. The Morgan fingerprint density at radius 2 is 1.60 bits per heavy atom. The Bertz CT molecular complexity index is 426. The summed E-state index contributed by atoms with van der Waals surface area (Å²) in [6.45, 7) is 0. The summed E-state index contributed by atoms with van der Waals surface area (Å²) >= 11 is 0. The monoisotopic (exact) mass is 216 g/mol. The van der Waals surface area contributed by atoms with Gasteiger partial charge in [-0.05, 0) is 22.7 Å². The van der Waals surface area contributed by atoms with E-state index in [1.165, 1.54) is 10.6 Å². The van der Waals surface area contributed by atoms with Crippen molar-refractivity contribution in [2.45, 2.75) is 0 Å². The third-order valence-corrected chi connectivity index (χ3v) is 3.35. The van der Waals surface area contributed by atoms with Crippen LogP contribution in [0.5, 0.6) is 5.75 Å². The molecule has 76 valence electrons. The van der Waals surface area contributed by atoms with E-state index in [0.29, 0.717) is 8.58 Å². The molecule has 2 aromatic rings. The first-order valence-electron chi connectivity index (χ1n) is 4.84. The smallest absolute Gasteiger partial charge is 0.119 e. The molecule has 0 aliphatic heterocycles. The fraction of sp³-hybridized carbons (Fsp3) is 0.0769. The molecule has 1 atom stereocenters. The highest BCUT2D eigenvalue weighted by molar-refractivity contribution is 7.55. The van der Waals surface area contributed by atoms with Crippen molar-refractivity contribution in [2.75, 3.05) is 7.11 Å². The van der Waals surface area contributed by atoms with E-state index in [-0.39, 0.29) is 0 Å². The lowest BCUT2D eigenvalue weighted by molar-refractivity contribution is 0.415. The third-order valence-electron chi connectivity index (χ3n) is 2.13. The van der Waals surface area contributed by atoms with Gasteiger partial charge in [-0.25, -0.2) is 0 Å². The van der Waals surface area contributed by atoms with E-state index < -0.39 is 0 Å². The summed E-state index contributed by atoms with van der Waals surface area (Å²) < 4.78 is 5.20. The zero-order valence-electron chi connectivity index (χ0n) is 8.60. The molecule has 0 radical (unpaired) electrons. The standard InChI is InChI=1S/C13H13OP/c1-14-11-6-5-9-13(10-11)15-12-7-3-2-4-8-12/h2-10,15H,1H3.